The van der Waals surface area contributed by atoms with Crippen molar-refractivity contribution in [2.75, 3.05) is 28.4 Å². The first-order valence-electron chi connectivity index (χ1n) is 7.47. The minimum atomic E-state index is 0.565. The zero-order chi connectivity index (χ0) is 17.8. The molecule has 0 saturated heterocycles. The summed E-state index contributed by atoms with van der Waals surface area (Å²) in [5.41, 5.74) is 2.53. The van der Waals surface area contributed by atoms with Crippen molar-refractivity contribution in [1.29, 1.82) is 0 Å². The summed E-state index contributed by atoms with van der Waals surface area (Å²) in [6.45, 7) is 0. The number of nitrogens with zero attached hydrogens (tertiary/aromatic N) is 2. The second-order valence-corrected chi connectivity index (χ2v) is 5.88. The molecule has 130 valence electrons. The number of rotatable bonds is 6. The Bertz CT molecular complexity index is 837. The van der Waals surface area contributed by atoms with E-state index in [1.807, 2.05) is 30.3 Å². The van der Waals surface area contributed by atoms with Gasteiger partial charge in [-0.2, -0.15) is 4.37 Å². The number of aromatic nitrogens is 2. The molecule has 0 atom stereocenters. The average molecular weight is 358 g/mol. The van der Waals surface area contributed by atoms with Gasteiger partial charge in [-0.25, -0.2) is 0 Å². The SMILES string of the molecule is COc1ccc(-c2cc(-c3cc(OC)c(OC)c(OC)c3)sn2)nc1. The van der Waals surface area contributed by atoms with Gasteiger partial charge in [0.25, 0.3) is 0 Å². The molecule has 0 unspecified atom stereocenters. The summed E-state index contributed by atoms with van der Waals surface area (Å²) in [7, 11) is 6.39. The van der Waals surface area contributed by atoms with Gasteiger partial charge >= 0.3 is 0 Å². The monoisotopic (exact) mass is 358 g/mol. The van der Waals surface area contributed by atoms with Crippen molar-refractivity contribution >= 4 is 11.5 Å². The lowest BCUT2D eigenvalue weighted by Crippen LogP contribution is -1.95. The highest BCUT2D eigenvalue weighted by Crippen LogP contribution is 2.42. The molecular weight excluding hydrogens is 340 g/mol. The van der Waals surface area contributed by atoms with Gasteiger partial charge in [-0.15, -0.1) is 0 Å². The number of methoxy groups -OCH3 is 4. The van der Waals surface area contributed by atoms with Gasteiger partial charge in [0, 0.05) is 5.56 Å². The highest BCUT2D eigenvalue weighted by atomic mass is 32.1. The quantitative estimate of drug-likeness (QED) is 0.666. The number of pyridine rings is 1. The zero-order valence-electron chi connectivity index (χ0n) is 14.4. The van der Waals surface area contributed by atoms with E-state index in [0.717, 1.165) is 21.8 Å². The molecule has 0 aliphatic heterocycles. The first-order valence-corrected chi connectivity index (χ1v) is 8.25. The van der Waals surface area contributed by atoms with E-state index in [4.69, 9.17) is 18.9 Å². The second kappa shape index (κ2) is 7.40. The minimum Gasteiger partial charge on any atom is -0.495 e. The number of hydrogen-bond acceptors (Lipinski definition) is 7. The Morgan fingerprint density at radius 3 is 2.04 bits per heavy atom. The summed E-state index contributed by atoms with van der Waals surface area (Å²) in [6.07, 6.45) is 1.67. The van der Waals surface area contributed by atoms with Gasteiger partial charge in [0.2, 0.25) is 5.75 Å². The Kier molecular flexibility index (Phi) is 5.04. The largest absolute Gasteiger partial charge is 0.495 e. The van der Waals surface area contributed by atoms with Crippen LogP contribution in [0.1, 0.15) is 0 Å². The van der Waals surface area contributed by atoms with E-state index < -0.39 is 0 Å². The van der Waals surface area contributed by atoms with E-state index in [1.165, 1.54) is 11.5 Å². The molecule has 1 aromatic carbocycles. The third-order valence-corrected chi connectivity index (χ3v) is 4.53. The van der Waals surface area contributed by atoms with Crippen LogP contribution in [-0.2, 0) is 0 Å². The summed E-state index contributed by atoms with van der Waals surface area (Å²) in [5.74, 6) is 2.49. The Hall–Kier alpha value is -2.80. The third-order valence-electron chi connectivity index (χ3n) is 3.69. The molecule has 3 rings (SSSR count). The van der Waals surface area contributed by atoms with Crippen molar-refractivity contribution in [2.24, 2.45) is 0 Å². The molecule has 7 heteroatoms. The molecule has 0 N–H and O–H groups in total. The van der Waals surface area contributed by atoms with E-state index in [1.54, 1.807) is 34.6 Å². The lowest BCUT2D eigenvalue weighted by molar-refractivity contribution is 0.324. The molecule has 0 aliphatic carbocycles. The molecule has 2 heterocycles. The van der Waals surface area contributed by atoms with Crippen LogP contribution in [0, 0.1) is 0 Å². The van der Waals surface area contributed by atoms with Gasteiger partial charge in [0.05, 0.1) is 45.2 Å². The molecule has 0 fully saturated rings. The number of benzene rings is 1. The van der Waals surface area contributed by atoms with Crippen LogP contribution in [0.25, 0.3) is 21.8 Å². The van der Waals surface area contributed by atoms with Crippen LogP contribution in [0.15, 0.2) is 36.5 Å². The lowest BCUT2D eigenvalue weighted by Gasteiger charge is -2.13. The predicted molar refractivity (Wildman–Crippen MR) is 97.0 cm³/mol. The van der Waals surface area contributed by atoms with Crippen molar-refractivity contribution in [2.45, 2.75) is 0 Å². The van der Waals surface area contributed by atoms with Crippen LogP contribution in [0.2, 0.25) is 0 Å². The predicted octanol–water partition coefficient (Wildman–Crippen LogP) is 3.91. The summed E-state index contributed by atoms with van der Waals surface area (Å²) < 4.78 is 25.8. The Morgan fingerprint density at radius 2 is 1.52 bits per heavy atom. The topological polar surface area (TPSA) is 62.7 Å². The number of ether oxygens (including phenoxy) is 4. The fourth-order valence-corrected chi connectivity index (χ4v) is 3.14. The van der Waals surface area contributed by atoms with Crippen molar-refractivity contribution in [3.63, 3.8) is 0 Å². The normalized spacial score (nSPS) is 10.4. The second-order valence-electron chi connectivity index (χ2n) is 5.07. The maximum absolute atomic E-state index is 5.41. The van der Waals surface area contributed by atoms with Crippen molar-refractivity contribution < 1.29 is 18.9 Å². The molecule has 6 nitrogen and oxygen atoms in total. The van der Waals surface area contributed by atoms with Crippen LogP contribution in [0.5, 0.6) is 23.0 Å². The maximum atomic E-state index is 5.41. The Balaban J connectivity index is 1.98. The first-order chi connectivity index (χ1) is 12.2. The van der Waals surface area contributed by atoms with Crippen molar-refractivity contribution in [3.05, 3.63) is 36.5 Å². The summed E-state index contributed by atoms with van der Waals surface area (Å²) >= 11 is 1.39. The molecule has 25 heavy (non-hydrogen) atoms. The molecule has 0 amide bonds. The fourth-order valence-electron chi connectivity index (χ4n) is 2.41. The Labute approximate surface area is 150 Å². The van der Waals surface area contributed by atoms with Gasteiger partial charge in [-0.1, -0.05) is 0 Å². The smallest absolute Gasteiger partial charge is 0.203 e. The molecule has 0 radical (unpaired) electrons. The highest BCUT2D eigenvalue weighted by molar-refractivity contribution is 7.09. The standard InChI is InChI=1S/C18H18N2O4S/c1-21-12-5-6-13(19-10-12)14-9-17(25-20-14)11-7-15(22-2)18(24-4)16(8-11)23-3/h5-10H,1-4H3. The van der Waals surface area contributed by atoms with Gasteiger partial charge in [-0.3, -0.25) is 4.98 Å². The summed E-state index contributed by atoms with van der Waals surface area (Å²) in [4.78, 5) is 5.35. The molecule has 3 aromatic rings. The van der Waals surface area contributed by atoms with Crippen LogP contribution < -0.4 is 18.9 Å². The summed E-state index contributed by atoms with van der Waals surface area (Å²) in [5, 5.41) is 0. The van der Waals surface area contributed by atoms with E-state index in [9.17, 15) is 0 Å². The zero-order valence-corrected chi connectivity index (χ0v) is 15.2. The van der Waals surface area contributed by atoms with Gasteiger partial charge in [0.15, 0.2) is 11.5 Å². The average Bonchev–Trinajstić information content (AvgIpc) is 3.17. The van der Waals surface area contributed by atoms with Crippen LogP contribution in [0.4, 0.5) is 0 Å². The fraction of sp³-hybridized carbons (Fsp3) is 0.222. The molecule has 0 saturated carbocycles. The maximum Gasteiger partial charge on any atom is 0.203 e. The van der Waals surface area contributed by atoms with Gasteiger partial charge < -0.3 is 18.9 Å². The van der Waals surface area contributed by atoms with E-state index in [2.05, 4.69) is 9.36 Å². The third kappa shape index (κ3) is 3.36. The van der Waals surface area contributed by atoms with Crippen molar-refractivity contribution in [3.8, 4) is 44.8 Å². The van der Waals surface area contributed by atoms with E-state index >= 15 is 0 Å². The highest BCUT2D eigenvalue weighted by Gasteiger charge is 2.16. The first kappa shape index (κ1) is 17.0. The Morgan fingerprint density at radius 1 is 0.800 bits per heavy atom. The van der Waals surface area contributed by atoms with Gasteiger partial charge in [-0.05, 0) is 41.9 Å². The van der Waals surface area contributed by atoms with E-state index in [-0.39, 0.29) is 0 Å². The van der Waals surface area contributed by atoms with Crippen LogP contribution in [0.3, 0.4) is 0 Å². The minimum absolute atomic E-state index is 0.565. The summed E-state index contributed by atoms with van der Waals surface area (Å²) in [6, 6.07) is 9.54. The van der Waals surface area contributed by atoms with Crippen molar-refractivity contribution in [1.82, 2.24) is 9.36 Å². The van der Waals surface area contributed by atoms with Crippen LogP contribution >= 0.6 is 11.5 Å². The van der Waals surface area contributed by atoms with E-state index in [0.29, 0.717) is 23.0 Å². The molecule has 0 spiro atoms. The molecule has 0 aliphatic rings. The molecular formula is C18H18N2O4S. The molecule has 2 aromatic heterocycles. The van der Waals surface area contributed by atoms with Gasteiger partial charge in [0.1, 0.15) is 11.4 Å². The number of hydrogen-bond donors (Lipinski definition) is 0. The molecule has 0 bridgehead atoms. The lowest BCUT2D eigenvalue weighted by atomic mass is 10.1. The van der Waals surface area contributed by atoms with Crippen LogP contribution in [-0.4, -0.2) is 37.8 Å².